The Morgan fingerprint density at radius 2 is 1.75 bits per heavy atom. The molecule has 0 bridgehead atoms. The average Bonchev–Trinajstić information content (AvgIpc) is 3.64. The minimum atomic E-state index is 0.0357. The number of ether oxygens (including phenoxy) is 2. The van der Waals surface area contributed by atoms with Crippen molar-refractivity contribution in [3.8, 4) is 22.5 Å². The van der Waals surface area contributed by atoms with Crippen molar-refractivity contribution in [1.29, 1.82) is 0 Å². The van der Waals surface area contributed by atoms with Crippen molar-refractivity contribution < 1.29 is 14.0 Å². The second-order valence-electron chi connectivity index (χ2n) is 10.5. The van der Waals surface area contributed by atoms with Gasteiger partial charge in [0.2, 0.25) is 0 Å². The zero-order chi connectivity index (χ0) is 27.1. The predicted molar refractivity (Wildman–Crippen MR) is 152 cm³/mol. The number of fused-ring (bicyclic) bond motifs is 1. The first kappa shape index (κ1) is 24.9. The molecule has 0 unspecified atom stereocenters. The van der Waals surface area contributed by atoms with Crippen LogP contribution in [-0.2, 0) is 9.47 Å². The number of rotatable bonds is 5. The summed E-state index contributed by atoms with van der Waals surface area (Å²) in [6.07, 6.45) is 5.88. The van der Waals surface area contributed by atoms with Gasteiger partial charge in [-0.05, 0) is 49.9 Å². The molecule has 2 aromatic carbocycles. The van der Waals surface area contributed by atoms with Gasteiger partial charge in [-0.25, -0.2) is 9.97 Å². The highest BCUT2D eigenvalue weighted by atomic mass is 16.5. The van der Waals surface area contributed by atoms with Crippen molar-refractivity contribution in [2.24, 2.45) is 0 Å². The van der Waals surface area contributed by atoms with Gasteiger partial charge in [0.05, 0.1) is 48.3 Å². The maximum absolute atomic E-state index is 5.97. The lowest BCUT2D eigenvalue weighted by Gasteiger charge is -2.37. The molecule has 5 aromatic rings. The molecule has 2 aliphatic heterocycles. The maximum atomic E-state index is 5.97. The van der Waals surface area contributed by atoms with Crippen LogP contribution in [0.3, 0.4) is 0 Å². The van der Waals surface area contributed by atoms with Crippen molar-refractivity contribution in [1.82, 2.24) is 24.9 Å². The summed E-state index contributed by atoms with van der Waals surface area (Å²) >= 11 is 0. The smallest absolute Gasteiger partial charge is 0.165 e. The Bertz CT molecular complexity index is 1620. The number of anilines is 1. The molecule has 9 heteroatoms. The van der Waals surface area contributed by atoms with Crippen LogP contribution in [0.2, 0.25) is 0 Å². The summed E-state index contributed by atoms with van der Waals surface area (Å²) in [5.41, 5.74) is 5.91. The van der Waals surface area contributed by atoms with E-state index >= 15 is 0 Å². The maximum Gasteiger partial charge on any atom is 0.165 e. The van der Waals surface area contributed by atoms with E-state index in [1.165, 1.54) is 5.56 Å². The summed E-state index contributed by atoms with van der Waals surface area (Å²) in [5.74, 6) is 2.36. The van der Waals surface area contributed by atoms with Gasteiger partial charge in [-0.15, -0.1) is 0 Å². The standard InChI is InChI=1S/C31H32N6O3/c1-20-29(21(2)40-35-20)23-8-9-27-26(16-23)31(36-12-15-39-19-28(36)22-6-4-3-5-7-22)34-30(33-27)24-17-32-37(18-24)25-10-13-38-14-11-25/h3-9,16-18,25,28H,10-15,19H2,1-2H3/t28-/m1/s1. The fourth-order valence-electron chi connectivity index (χ4n) is 5.92. The minimum Gasteiger partial charge on any atom is -0.381 e. The summed E-state index contributed by atoms with van der Waals surface area (Å²) in [6.45, 7) is 7.40. The monoisotopic (exact) mass is 536 g/mol. The number of hydrogen-bond donors (Lipinski definition) is 0. The molecule has 2 aliphatic rings. The van der Waals surface area contributed by atoms with Gasteiger partial charge in [0.15, 0.2) is 5.82 Å². The largest absolute Gasteiger partial charge is 0.381 e. The van der Waals surface area contributed by atoms with E-state index < -0.39 is 0 Å². The Labute approximate surface area is 232 Å². The minimum absolute atomic E-state index is 0.0357. The van der Waals surface area contributed by atoms with E-state index in [1.807, 2.05) is 30.8 Å². The fourth-order valence-corrected chi connectivity index (χ4v) is 5.92. The molecule has 40 heavy (non-hydrogen) atoms. The van der Waals surface area contributed by atoms with E-state index in [9.17, 15) is 0 Å². The third-order valence-electron chi connectivity index (χ3n) is 8.01. The van der Waals surface area contributed by atoms with Crippen LogP contribution in [0.15, 0.2) is 65.4 Å². The Balaban J connectivity index is 1.38. The van der Waals surface area contributed by atoms with E-state index in [4.69, 9.17) is 29.1 Å². The van der Waals surface area contributed by atoms with Crippen molar-refractivity contribution in [2.75, 3.05) is 37.9 Å². The average molecular weight is 537 g/mol. The molecule has 3 aromatic heterocycles. The zero-order valence-electron chi connectivity index (χ0n) is 22.8. The molecule has 0 saturated carbocycles. The molecule has 0 spiro atoms. The SMILES string of the molecule is Cc1noc(C)c1-c1ccc2nc(-c3cnn(C4CCOCC4)c3)nc(N3CCOC[C@@H]3c3ccccc3)c2c1. The number of aryl methyl sites for hydroxylation is 2. The van der Waals surface area contributed by atoms with Gasteiger partial charge in [-0.2, -0.15) is 5.10 Å². The summed E-state index contributed by atoms with van der Waals surface area (Å²) in [4.78, 5) is 12.6. The van der Waals surface area contributed by atoms with E-state index in [0.717, 1.165) is 77.5 Å². The number of morpholine rings is 1. The number of benzene rings is 2. The van der Waals surface area contributed by atoms with Gasteiger partial charge in [0.25, 0.3) is 0 Å². The van der Waals surface area contributed by atoms with Crippen LogP contribution in [0.25, 0.3) is 33.4 Å². The first-order chi connectivity index (χ1) is 19.7. The van der Waals surface area contributed by atoms with Gasteiger partial charge >= 0.3 is 0 Å². The highest BCUT2D eigenvalue weighted by molar-refractivity contribution is 5.95. The Morgan fingerprint density at radius 1 is 0.900 bits per heavy atom. The molecule has 0 N–H and O–H groups in total. The third-order valence-corrected chi connectivity index (χ3v) is 8.01. The van der Waals surface area contributed by atoms with Gasteiger partial charge in [-0.3, -0.25) is 4.68 Å². The first-order valence-electron chi connectivity index (χ1n) is 13.9. The van der Waals surface area contributed by atoms with Crippen molar-refractivity contribution in [3.63, 3.8) is 0 Å². The Morgan fingerprint density at radius 3 is 2.55 bits per heavy atom. The Hall–Kier alpha value is -4.08. The number of aromatic nitrogens is 5. The lowest BCUT2D eigenvalue weighted by Crippen LogP contribution is -2.40. The first-order valence-corrected chi connectivity index (χ1v) is 13.9. The van der Waals surface area contributed by atoms with Crippen LogP contribution in [0.5, 0.6) is 0 Å². The van der Waals surface area contributed by atoms with Crippen LogP contribution < -0.4 is 4.90 Å². The fraction of sp³-hybridized carbons (Fsp3) is 0.355. The van der Waals surface area contributed by atoms with E-state index in [1.54, 1.807) is 0 Å². The quantitative estimate of drug-likeness (QED) is 0.283. The number of nitrogens with zero attached hydrogens (tertiary/aromatic N) is 6. The van der Waals surface area contributed by atoms with Crippen LogP contribution in [0.4, 0.5) is 5.82 Å². The molecule has 2 saturated heterocycles. The van der Waals surface area contributed by atoms with E-state index in [2.05, 4.69) is 58.7 Å². The Kier molecular flexibility index (Phi) is 6.53. The molecular formula is C31H32N6O3. The molecule has 204 valence electrons. The number of hydrogen-bond acceptors (Lipinski definition) is 8. The summed E-state index contributed by atoms with van der Waals surface area (Å²) in [6, 6.07) is 17.2. The van der Waals surface area contributed by atoms with Gasteiger partial charge in [0.1, 0.15) is 11.6 Å². The zero-order valence-corrected chi connectivity index (χ0v) is 22.8. The summed E-state index contributed by atoms with van der Waals surface area (Å²) < 4.78 is 19.1. The van der Waals surface area contributed by atoms with Crippen molar-refractivity contribution in [2.45, 2.75) is 38.8 Å². The van der Waals surface area contributed by atoms with Gasteiger partial charge < -0.3 is 18.9 Å². The van der Waals surface area contributed by atoms with E-state index in [0.29, 0.717) is 25.1 Å². The van der Waals surface area contributed by atoms with Gasteiger partial charge in [0, 0.05) is 36.9 Å². The second kappa shape index (κ2) is 10.5. The molecule has 7 rings (SSSR count). The molecule has 0 aliphatic carbocycles. The van der Waals surface area contributed by atoms with Crippen LogP contribution in [0, 0.1) is 13.8 Å². The van der Waals surface area contributed by atoms with Crippen LogP contribution in [-0.4, -0.2) is 57.9 Å². The predicted octanol–water partition coefficient (Wildman–Crippen LogP) is 5.69. The van der Waals surface area contributed by atoms with Crippen molar-refractivity contribution in [3.05, 3.63) is 77.9 Å². The van der Waals surface area contributed by atoms with Crippen LogP contribution in [0.1, 0.15) is 41.9 Å². The van der Waals surface area contributed by atoms with Crippen molar-refractivity contribution >= 4 is 16.7 Å². The molecule has 1 atom stereocenters. The molecule has 9 nitrogen and oxygen atoms in total. The molecule has 0 radical (unpaired) electrons. The normalized spacial score (nSPS) is 18.4. The topological polar surface area (TPSA) is 91.3 Å². The summed E-state index contributed by atoms with van der Waals surface area (Å²) in [5, 5.41) is 9.87. The highest BCUT2D eigenvalue weighted by Gasteiger charge is 2.29. The lowest BCUT2D eigenvalue weighted by molar-refractivity contribution is 0.0662. The third kappa shape index (κ3) is 4.55. The molecule has 5 heterocycles. The second-order valence-corrected chi connectivity index (χ2v) is 10.5. The highest BCUT2D eigenvalue weighted by Crippen LogP contribution is 2.37. The molecule has 0 amide bonds. The lowest BCUT2D eigenvalue weighted by atomic mass is 10.0. The van der Waals surface area contributed by atoms with Gasteiger partial charge in [-0.1, -0.05) is 41.6 Å². The van der Waals surface area contributed by atoms with Crippen LogP contribution >= 0.6 is 0 Å². The molecule has 2 fully saturated rings. The van der Waals surface area contributed by atoms with E-state index in [-0.39, 0.29) is 6.04 Å². The molecular weight excluding hydrogens is 504 g/mol. The summed E-state index contributed by atoms with van der Waals surface area (Å²) in [7, 11) is 0.